The van der Waals surface area contributed by atoms with Crippen LogP contribution in [0.3, 0.4) is 0 Å². The lowest BCUT2D eigenvalue weighted by atomic mass is 9.95. The quantitative estimate of drug-likeness (QED) is 0.706. The minimum absolute atomic E-state index is 0.0249. The smallest absolute Gasteiger partial charge is 0.256 e. The third kappa shape index (κ3) is 3.06. The molecule has 8 heteroatoms. The highest BCUT2D eigenvalue weighted by Crippen LogP contribution is 2.34. The molecule has 0 saturated heterocycles. The van der Waals surface area contributed by atoms with E-state index in [1.165, 1.54) is 4.90 Å². The Balaban J connectivity index is 1.84. The standard InChI is InChI=1S/C20H15ClF2N2O3/c1-25(20(27)10-2-4-11(21)5-3-10)17-9-28-8-16-18(17)12-6-14(22)15(23)7-13(12)19(26)24-16/h2-7,17H,8-9H2,1H3,(H,24,26)/t17-/m0/s1. The number of H-pyrrole nitrogens is 1. The molecule has 0 bridgehead atoms. The van der Waals surface area contributed by atoms with E-state index in [1.54, 1.807) is 31.3 Å². The molecule has 4 rings (SSSR count). The molecule has 1 aliphatic heterocycles. The van der Waals surface area contributed by atoms with Crippen molar-refractivity contribution in [2.45, 2.75) is 12.6 Å². The Labute approximate surface area is 163 Å². The van der Waals surface area contributed by atoms with E-state index in [9.17, 15) is 18.4 Å². The number of fused-ring (bicyclic) bond motifs is 3. The summed E-state index contributed by atoms with van der Waals surface area (Å²) in [5.74, 6) is -2.45. The van der Waals surface area contributed by atoms with Crippen LogP contribution in [0.1, 0.15) is 27.7 Å². The largest absolute Gasteiger partial charge is 0.373 e. The van der Waals surface area contributed by atoms with Gasteiger partial charge in [-0.3, -0.25) is 9.59 Å². The van der Waals surface area contributed by atoms with Crippen LogP contribution in [0.25, 0.3) is 10.8 Å². The molecule has 1 atom stereocenters. The van der Waals surface area contributed by atoms with Crippen molar-refractivity contribution >= 4 is 28.3 Å². The van der Waals surface area contributed by atoms with Gasteiger partial charge in [0, 0.05) is 28.9 Å². The Morgan fingerprint density at radius 3 is 2.50 bits per heavy atom. The first-order valence-electron chi connectivity index (χ1n) is 8.51. The Morgan fingerprint density at radius 1 is 1.18 bits per heavy atom. The number of aromatic nitrogens is 1. The van der Waals surface area contributed by atoms with E-state index >= 15 is 0 Å². The Hall–Kier alpha value is -2.77. The maximum Gasteiger partial charge on any atom is 0.256 e. The molecule has 0 unspecified atom stereocenters. The maximum atomic E-state index is 13.9. The van der Waals surface area contributed by atoms with E-state index in [0.29, 0.717) is 21.8 Å². The molecule has 0 spiro atoms. The Bertz CT molecular complexity index is 1140. The molecule has 144 valence electrons. The molecule has 2 aromatic carbocycles. The molecule has 0 saturated carbocycles. The van der Waals surface area contributed by atoms with Gasteiger partial charge in [0.1, 0.15) is 0 Å². The summed E-state index contributed by atoms with van der Waals surface area (Å²) in [5, 5.41) is 0.796. The molecule has 1 N–H and O–H groups in total. The van der Waals surface area contributed by atoms with Crippen LogP contribution < -0.4 is 5.56 Å². The van der Waals surface area contributed by atoms with E-state index in [2.05, 4.69) is 4.98 Å². The summed E-state index contributed by atoms with van der Waals surface area (Å²) < 4.78 is 33.1. The normalized spacial score (nSPS) is 16.1. The lowest BCUT2D eigenvalue weighted by molar-refractivity contribution is 0.0335. The van der Waals surface area contributed by atoms with E-state index in [1.807, 2.05) is 0 Å². The number of nitrogens with zero attached hydrogens (tertiary/aromatic N) is 1. The van der Waals surface area contributed by atoms with Crippen LogP contribution in [-0.4, -0.2) is 29.4 Å². The third-order valence-electron chi connectivity index (χ3n) is 4.92. The number of ether oxygens (including phenoxy) is 1. The van der Waals surface area contributed by atoms with E-state index in [4.69, 9.17) is 16.3 Å². The predicted octanol–water partition coefficient (Wildman–Crippen LogP) is 3.80. The molecule has 28 heavy (non-hydrogen) atoms. The number of amides is 1. The number of hydrogen-bond donors (Lipinski definition) is 1. The number of nitrogens with one attached hydrogen (secondary N) is 1. The third-order valence-corrected chi connectivity index (χ3v) is 5.17. The molecule has 1 aromatic heterocycles. The molecular formula is C20H15ClF2N2O3. The first-order valence-corrected chi connectivity index (χ1v) is 8.89. The zero-order chi connectivity index (χ0) is 20.0. The highest BCUT2D eigenvalue weighted by molar-refractivity contribution is 6.30. The van der Waals surface area contributed by atoms with Crippen molar-refractivity contribution in [1.29, 1.82) is 0 Å². The van der Waals surface area contributed by atoms with Gasteiger partial charge in [-0.2, -0.15) is 0 Å². The number of hydrogen-bond acceptors (Lipinski definition) is 3. The number of carbonyl (C=O) groups is 1. The minimum Gasteiger partial charge on any atom is -0.373 e. The van der Waals surface area contributed by atoms with Crippen LogP contribution in [0.4, 0.5) is 8.78 Å². The van der Waals surface area contributed by atoms with Crippen LogP contribution in [0.15, 0.2) is 41.2 Å². The predicted molar refractivity (Wildman–Crippen MR) is 100 cm³/mol. The van der Waals surface area contributed by atoms with Gasteiger partial charge in [0.05, 0.1) is 24.6 Å². The number of benzene rings is 2. The molecule has 2 heterocycles. The van der Waals surface area contributed by atoms with Gasteiger partial charge >= 0.3 is 0 Å². The van der Waals surface area contributed by atoms with Gasteiger partial charge in [0.2, 0.25) is 0 Å². The molecule has 1 amide bonds. The molecule has 0 radical (unpaired) electrons. The van der Waals surface area contributed by atoms with Crippen molar-refractivity contribution < 1.29 is 18.3 Å². The van der Waals surface area contributed by atoms with E-state index < -0.39 is 23.2 Å². The second-order valence-corrected chi connectivity index (χ2v) is 7.05. The van der Waals surface area contributed by atoms with Crippen molar-refractivity contribution in [3.8, 4) is 0 Å². The molecule has 0 aliphatic carbocycles. The molecular weight excluding hydrogens is 390 g/mol. The van der Waals surface area contributed by atoms with Crippen molar-refractivity contribution in [3.05, 3.63) is 80.2 Å². The van der Waals surface area contributed by atoms with E-state index in [-0.39, 0.29) is 29.9 Å². The Kier molecular flexibility index (Phi) is 4.64. The van der Waals surface area contributed by atoms with E-state index in [0.717, 1.165) is 12.1 Å². The second-order valence-electron chi connectivity index (χ2n) is 6.61. The zero-order valence-corrected chi connectivity index (χ0v) is 15.5. The summed E-state index contributed by atoms with van der Waals surface area (Å²) in [6.45, 7) is 0.266. The van der Waals surface area contributed by atoms with Crippen molar-refractivity contribution in [3.63, 3.8) is 0 Å². The number of rotatable bonds is 2. The SMILES string of the molecule is CN(C(=O)c1ccc(Cl)cc1)[C@H]1COCc2[nH]c(=O)c3cc(F)c(F)cc3c21. The van der Waals surface area contributed by atoms with Crippen LogP contribution in [-0.2, 0) is 11.3 Å². The number of halogens is 3. The summed E-state index contributed by atoms with van der Waals surface area (Å²) >= 11 is 5.87. The van der Waals surface area contributed by atoms with Gasteiger partial charge in [-0.1, -0.05) is 11.6 Å². The highest BCUT2D eigenvalue weighted by Gasteiger charge is 2.31. The number of likely N-dealkylation sites (N-methyl/N-ethyl adjacent to an activating group) is 1. The van der Waals surface area contributed by atoms with Crippen molar-refractivity contribution in [2.24, 2.45) is 0 Å². The maximum absolute atomic E-state index is 13.9. The van der Waals surface area contributed by atoms with Crippen LogP contribution in [0.2, 0.25) is 5.02 Å². The summed E-state index contributed by atoms with van der Waals surface area (Å²) in [6.07, 6.45) is 0. The molecule has 0 fully saturated rings. The molecule has 1 aliphatic rings. The van der Waals surface area contributed by atoms with Crippen molar-refractivity contribution in [1.82, 2.24) is 9.88 Å². The lowest BCUT2D eigenvalue weighted by Gasteiger charge is -2.34. The Morgan fingerprint density at radius 2 is 1.82 bits per heavy atom. The number of aromatic amines is 1. The fourth-order valence-electron chi connectivity index (χ4n) is 3.49. The zero-order valence-electron chi connectivity index (χ0n) is 14.8. The molecule has 5 nitrogen and oxygen atoms in total. The summed E-state index contributed by atoms with van der Waals surface area (Å²) in [6, 6.07) is 7.71. The fourth-order valence-corrected chi connectivity index (χ4v) is 3.61. The summed E-state index contributed by atoms with van der Waals surface area (Å²) in [5.41, 5.74) is 0.869. The van der Waals surface area contributed by atoms with Gasteiger partial charge in [0.15, 0.2) is 11.6 Å². The number of carbonyl (C=O) groups excluding carboxylic acids is 1. The first kappa shape index (κ1) is 18.6. The van der Waals surface area contributed by atoms with Crippen LogP contribution >= 0.6 is 11.6 Å². The summed E-state index contributed by atoms with van der Waals surface area (Å²) in [4.78, 5) is 29.3. The van der Waals surface area contributed by atoms with Gasteiger partial charge in [0.25, 0.3) is 11.5 Å². The average molecular weight is 405 g/mol. The lowest BCUT2D eigenvalue weighted by Crippen LogP contribution is -2.37. The van der Waals surface area contributed by atoms with Crippen LogP contribution in [0.5, 0.6) is 0 Å². The monoisotopic (exact) mass is 404 g/mol. The fraction of sp³-hybridized carbons (Fsp3) is 0.200. The van der Waals surface area contributed by atoms with Gasteiger partial charge < -0.3 is 14.6 Å². The van der Waals surface area contributed by atoms with Crippen LogP contribution in [0, 0.1) is 11.6 Å². The van der Waals surface area contributed by atoms with Gasteiger partial charge in [-0.25, -0.2) is 8.78 Å². The highest BCUT2D eigenvalue weighted by atomic mass is 35.5. The van der Waals surface area contributed by atoms with Gasteiger partial charge in [-0.15, -0.1) is 0 Å². The second kappa shape index (κ2) is 7.00. The van der Waals surface area contributed by atoms with Crippen molar-refractivity contribution in [2.75, 3.05) is 13.7 Å². The molecule has 3 aromatic rings. The first-order chi connectivity index (χ1) is 13.4. The topological polar surface area (TPSA) is 62.4 Å². The summed E-state index contributed by atoms with van der Waals surface area (Å²) in [7, 11) is 1.59. The minimum atomic E-state index is -1.10. The van der Waals surface area contributed by atoms with Gasteiger partial charge in [-0.05, 0) is 41.8 Å². The average Bonchev–Trinajstić information content (AvgIpc) is 2.68. The number of pyridine rings is 1.